The molecule has 3 heterocycles. The summed E-state index contributed by atoms with van der Waals surface area (Å²) >= 11 is 0. The fraction of sp³-hybridized carbons (Fsp3) is 0.300. The molecule has 7 nitrogen and oxygen atoms in total. The average Bonchev–Trinajstić information content (AvgIpc) is 2.94. The van der Waals surface area contributed by atoms with E-state index in [4.69, 9.17) is 4.98 Å². The quantitative estimate of drug-likeness (QED) is 0.715. The van der Waals surface area contributed by atoms with Gasteiger partial charge in [0.25, 0.3) is 0 Å². The van der Waals surface area contributed by atoms with Crippen LogP contribution < -0.4 is 9.80 Å². The van der Waals surface area contributed by atoms with E-state index in [0.29, 0.717) is 19.0 Å². The molecule has 0 radical (unpaired) electrons. The lowest BCUT2D eigenvalue weighted by atomic mass is 10.1. The van der Waals surface area contributed by atoms with Crippen LogP contribution in [0.2, 0.25) is 0 Å². The molecule has 3 aromatic rings. The van der Waals surface area contributed by atoms with Crippen molar-refractivity contribution >= 4 is 17.5 Å². The van der Waals surface area contributed by atoms with Gasteiger partial charge in [-0.15, -0.1) is 0 Å². The van der Waals surface area contributed by atoms with Crippen molar-refractivity contribution in [3.05, 3.63) is 54.0 Å². The SMILES string of the molecule is Cc1nn(C)c(C)c1-c1ccnc(N2CCN(c3ccccc3)C(=O)C2)n1. The maximum atomic E-state index is 12.7. The third-order valence-corrected chi connectivity index (χ3v) is 4.98. The number of carbonyl (C=O) groups excluding carboxylic acids is 1. The van der Waals surface area contributed by atoms with Gasteiger partial charge in [0.05, 0.1) is 11.4 Å². The molecule has 138 valence electrons. The van der Waals surface area contributed by atoms with Crippen LogP contribution in [0.25, 0.3) is 11.3 Å². The molecule has 0 spiro atoms. The molecular formula is C20H22N6O. The molecule has 27 heavy (non-hydrogen) atoms. The highest BCUT2D eigenvalue weighted by Crippen LogP contribution is 2.26. The van der Waals surface area contributed by atoms with Crippen LogP contribution in [0.1, 0.15) is 11.4 Å². The Kier molecular flexibility index (Phi) is 4.35. The standard InChI is InChI=1S/C20H22N6O/c1-14-19(15(2)24(3)23-14)17-9-10-21-20(22-17)25-11-12-26(18(27)13-25)16-7-5-4-6-8-16/h4-10H,11-13H2,1-3H3. The maximum Gasteiger partial charge on any atom is 0.246 e. The zero-order valence-corrected chi connectivity index (χ0v) is 15.8. The summed E-state index contributed by atoms with van der Waals surface area (Å²) in [6, 6.07) is 11.6. The number of aryl methyl sites for hydroxylation is 2. The second-order valence-electron chi connectivity index (χ2n) is 6.71. The second-order valence-corrected chi connectivity index (χ2v) is 6.71. The number of nitrogens with zero attached hydrogens (tertiary/aromatic N) is 6. The van der Waals surface area contributed by atoms with Crippen LogP contribution in [-0.4, -0.2) is 45.3 Å². The summed E-state index contributed by atoms with van der Waals surface area (Å²) in [5, 5.41) is 4.47. The van der Waals surface area contributed by atoms with Crippen LogP contribution in [0.3, 0.4) is 0 Å². The van der Waals surface area contributed by atoms with E-state index in [2.05, 4.69) is 10.1 Å². The number of piperazine rings is 1. The van der Waals surface area contributed by atoms with Crippen molar-refractivity contribution in [2.75, 3.05) is 29.4 Å². The first-order valence-electron chi connectivity index (χ1n) is 8.98. The molecular weight excluding hydrogens is 340 g/mol. The molecule has 0 saturated carbocycles. The molecule has 0 N–H and O–H groups in total. The van der Waals surface area contributed by atoms with Gasteiger partial charge in [0.15, 0.2) is 0 Å². The van der Waals surface area contributed by atoms with Crippen molar-refractivity contribution < 1.29 is 4.79 Å². The Balaban J connectivity index is 1.58. The molecule has 0 atom stereocenters. The van der Waals surface area contributed by atoms with Gasteiger partial charge in [-0.1, -0.05) is 18.2 Å². The molecule has 1 saturated heterocycles. The van der Waals surface area contributed by atoms with Gasteiger partial charge in [-0.05, 0) is 32.0 Å². The molecule has 1 amide bonds. The third-order valence-electron chi connectivity index (χ3n) is 4.98. The number of rotatable bonds is 3. The van der Waals surface area contributed by atoms with Gasteiger partial charge in [-0.25, -0.2) is 9.97 Å². The van der Waals surface area contributed by atoms with E-state index in [1.807, 2.05) is 71.8 Å². The van der Waals surface area contributed by atoms with Gasteiger partial charge < -0.3 is 9.80 Å². The van der Waals surface area contributed by atoms with E-state index in [-0.39, 0.29) is 12.5 Å². The Morgan fingerprint density at radius 1 is 1.04 bits per heavy atom. The van der Waals surface area contributed by atoms with E-state index in [1.165, 1.54) is 0 Å². The smallest absolute Gasteiger partial charge is 0.246 e. The minimum absolute atomic E-state index is 0.0511. The van der Waals surface area contributed by atoms with Crippen molar-refractivity contribution in [3.63, 3.8) is 0 Å². The fourth-order valence-corrected chi connectivity index (χ4v) is 3.51. The summed E-state index contributed by atoms with van der Waals surface area (Å²) in [6.07, 6.45) is 1.75. The van der Waals surface area contributed by atoms with Crippen molar-refractivity contribution in [3.8, 4) is 11.3 Å². The van der Waals surface area contributed by atoms with Crippen molar-refractivity contribution in [1.29, 1.82) is 0 Å². The van der Waals surface area contributed by atoms with E-state index in [1.54, 1.807) is 6.20 Å². The molecule has 0 aliphatic carbocycles. The monoisotopic (exact) mass is 362 g/mol. The zero-order valence-electron chi connectivity index (χ0n) is 15.8. The van der Waals surface area contributed by atoms with E-state index >= 15 is 0 Å². The summed E-state index contributed by atoms with van der Waals surface area (Å²) in [4.78, 5) is 25.5. The summed E-state index contributed by atoms with van der Waals surface area (Å²) < 4.78 is 1.86. The number of anilines is 2. The van der Waals surface area contributed by atoms with Gasteiger partial charge in [-0.2, -0.15) is 5.10 Å². The highest BCUT2D eigenvalue weighted by Gasteiger charge is 2.27. The van der Waals surface area contributed by atoms with Crippen LogP contribution in [0, 0.1) is 13.8 Å². The van der Waals surface area contributed by atoms with Crippen LogP contribution in [-0.2, 0) is 11.8 Å². The van der Waals surface area contributed by atoms with Gasteiger partial charge >= 0.3 is 0 Å². The summed E-state index contributed by atoms with van der Waals surface area (Å²) in [5.41, 5.74) is 4.78. The molecule has 4 rings (SSSR count). The van der Waals surface area contributed by atoms with Gasteiger partial charge in [0.2, 0.25) is 11.9 Å². The number of benzene rings is 1. The van der Waals surface area contributed by atoms with E-state index in [0.717, 1.165) is 28.3 Å². The maximum absolute atomic E-state index is 12.7. The normalized spacial score (nSPS) is 14.7. The Hall–Kier alpha value is -3.22. The lowest BCUT2D eigenvalue weighted by Crippen LogP contribution is -2.51. The average molecular weight is 362 g/mol. The molecule has 1 aromatic carbocycles. The number of aromatic nitrogens is 4. The molecule has 1 fully saturated rings. The van der Waals surface area contributed by atoms with Crippen molar-refractivity contribution in [2.45, 2.75) is 13.8 Å². The predicted molar refractivity (Wildman–Crippen MR) is 105 cm³/mol. The predicted octanol–water partition coefficient (Wildman–Crippen LogP) is 2.35. The lowest BCUT2D eigenvalue weighted by molar-refractivity contribution is -0.117. The first-order valence-corrected chi connectivity index (χ1v) is 8.98. The fourth-order valence-electron chi connectivity index (χ4n) is 3.51. The van der Waals surface area contributed by atoms with Crippen molar-refractivity contribution in [1.82, 2.24) is 19.7 Å². The molecule has 2 aromatic heterocycles. The molecule has 1 aliphatic heterocycles. The molecule has 1 aliphatic rings. The highest BCUT2D eigenvalue weighted by molar-refractivity contribution is 5.97. The minimum Gasteiger partial charge on any atom is -0.330 e. The number of carbonyl (C=O) groups is 1. The number of amides is 1. The molecule has 0 unspecified atom stereocenters. The first-order chi connectivity index (χ1) is 13.0. The summed E-state index contributed by atoms with van der Waals surface area (Å²) in [6.45, 7) is 5.57. The number of hydrogen-bond donors (Lipinski definition) is 0. The van der Waals surface area contributed by atoms with E-state index < -0.39 is 0 Å². The molecule has 7 heteroatoms. The summed E-state index contributed by atoms with van der Waals surface area (Å²) in [5.74, 6) is 0.631. The lowest BCUT2D eigenvalue weighted by Gasteiger charge is -2.34. The molecule has 0 bridgehead atoms. The van der Waals surface area contributed by atoms with Crippen LogP contribution >= 0.6 is 0 Å². The van der Waals surface area contributed by atoms with Gasteiger partial charge in [0, 0.05) is 43.3 Å². The van der Waals surface area contributed by atoms with Crippen LogP contribution in [0.4, 0.5) is 11.6 Å². The Morgan fingerprint density at radius 2 is 1.81 bits per heavy atom. The Bertz CT molecular complexity index is 981. The largest absolute Gasteiger partial charge is 0.330 e. The summed E-state index contributed by atoms with van der Waals surface area (Å²) in [7, 11) is 1.93. The van der Waals surface area contributed by atoms with Gasteiger partial charge in [-0.3, -0.25) is 9.48 Å². The van der Waals surface area contributed by atoms with Gasteiger partial charge in [0.1, 0.15) is 6.54 Å². The topological polar surface area (TPSA) is 67.2 Å². The zero-order chi connectivity index (χ0) is 19.0. The van der Waals surface area contributed by atoms with Crippen LogP contribution in [0.5, 0.6) is 0 Å². The first kappa shape index (κ1) is 17.2. The second kappa shape index (κ2) is 6.83. The number of hydrogen-bond acceptors (Lipinski definition) is 5. The highest BCUT2D eigenvalue weighted by atomic mass is 16.2. The number of para-hydroxylation sites is 1. The Morgan fingerprint density at radius 3 is 2.48 bits per heavy atom. The Labute approximate surface area is 158 Å². The van der Waals surface area contributed by atoms with Crippen LogP contribution in [0.15, 0.2) is 42.6 Å². The van der Waals surface area contributed by atoms with E-state index in [9.17, 15) is 4.79 Å². The van der Waals surface area contributed by atoms with Crippen molar-refractivity contribution in [2.24, 2.45) is 7.05 Å². The minimum atomic E-state index is 0.0511. The third kappa shape index (κ3) is 3.16.